The van der Waals surface area contributed by atoms with E-state index in [-0.39, 0.29) is 18.1 Å². The third kappa shape index (κ3) is 3.08. The van der Waals surface area contributed by atoms with Crippen molar-refractivity contribution in [1.82, 2.24) is 10.2 Å². The van der Waals surface area contributed by atoms with Gasteiger partial charge in [-0.15, -0.1) is 6.58 Å². The predicted octanol–water partition coefficient (Wildman–Crippen LogP) is 2.39. The maximum Gasteiger partial charge on any atom is 0.329 e. The van der Waals surface area contributed by atoms with E-state index in [1.54, 1.807) is 26.4 Å². The fourth-order valence-corrected chi connectivity index (χ4v) is 2.90. The minimum absolute atomic E-state index is 0.172. The van der Waals surface area contributed by atoms with E-state index in [1.165, 1.54) is 6.08 Å². The lowest BCUT2D eigenvalue weighted by molar-refractivity contribution is -0.122. The molecule has 0 atom stereocenters. The summed E-state index contributed by atoms with van der Waals surface area (Å²) in [5.41, 5.74) is 0.945. The van der Waals surface area contributed by atoms with Crippen molar-refractivity contribution in [3.05, 3.63) is 39.6 Å². The second kappa shape index (κ2) is 6.82. The van der Waals surface area contributed by atoms with Crippen molar-refractivity contribution in [2.45, 2.75) is 0 Å². The van der Waals surface area contributed by atoms with Gasteiger partial charge in [-0.25, -0.2) is 4.79 Å². The van der Waals surface area contributed by atoms with Crippen LogP contribution < -0.4 is 14.8 Å². The summed E-state index contributed by atoms with van der Waals surface area (Å²) in [6.45, 7) is 3.70. The first-order chi connectivity index (χ1) is 10.5. The predicted molar refractivity (Wildman–Crippen MR) is 90.7 cm³/mol. The van der Waals surface area contributed by atoms with Crippen LogP contribution in [0, 0.1) is 3.57 Å². The zero-order valence-corrected chi connectivity index (χ0v) is 14.3. The highest BCUT2D eigenvalue weighted by atomic mass is 127. The lowest BCUT2D eigenvalue weighted by Gasteiger charge is -2.10. The Hall–Kier alpha value is -2.03. The van der Waals surface area contributed by atoms with Gasteiger partial charge in [0, 0.05) is 6.54 Å². The van der Waals surface area contributed by atoms with E-state index in [9.17, 15) is 9.59 Å². The van der Waals surface area contributed by atoms with E-state index in [0.717, 1.165) is 14.0 Å². The first kappa shape index (κ1) is 16.3. The van der Waals surface area contributed by atoms with Crippen LogP contribution in [-0.2, 0) is 4.79 Å². The number of nitrogens with zero attached hydrogens (tertiary/aromatic N) is 1. The van der Waals surface area contributed by atoms with Crippen LogP contribution in [0.25, 0.3) is 6.08 Å². The molecule has 0 bridgehead atoms. The Balaban J connectivity index is 2.38. The van der Waals surface area contributed by atoms with Crippen molar-refractivity contribution < 1.29 is 19.1 Å². The Bertz CT molecular complexity index is 670. The number of methoxy groups -OCH3 is 2. The number of nitrogens with one attached hydrogen (secondary N) is 1. The fraction of sp³-hybridized carbons (Fsp3) is 0.200. The van der Waals surface area contributed by atoms with E-state index in [0.29, 0.717) is 11.5 Å². The van der Waals surface area contributed by atoms with E-state index in [2.05, 4.69) is 34.5 Å². The second-order valence-corrected chi connectivity index (χ2v) is 5.59. The Morgan fingerprint density at radius 1 is 1.32 bits per heavy atom. The van der Waals surface area contributed by atoms with Gasteiger partial charge in [0.25, 0.3) is 5.91 Å². The molecule has 2 rings (SSSR count). The summed E-state index contributed by atoms with van der Waals surface area (Å²) >= 11 is 2.12. The normalized spacial score (nSPS) is 16.0. The first-order valence-corrected chi connectivity index (χ1v) is 7.46. The van der Waals surface area contributed by atoms with Crippen molar-refractivity contribution in [2.24, 2.45) is 0 Å². The van der Waals surface area contributed by atoms with Crippen LogP contribution in [0.3, 0.4) is 0 Å². The van der Waals surface area contributed by atoms with Gasteiger partial charge in [-0.3, -0.25) is 9.69 Å². The Morgan fingerprint density at radius 3 is 2.64 bits per heavy atom. The zero-order valence-electron chi connectivity index (χ0n) is 12.2. The molecule has 116 valence electrons. The molecule has 1 aliphatic heterocycles. The van der Waals surface area contributed by atoms with Crippen molar-refractivity contribution in [3.63, 3.8) is 0 Å². The van der Waals surface area contributed by atoms with Crippen molar-refractivity contribution in [2.75, 3.05) is 20.8 Å². The number of ether oxygens (including phenoxy) is 2. The summed E-state index contributed by atoms with van der Waals surface area (Å²) in [5, 5.41) is 2.55. The molecule has 0 spiro atoms. The molecule has 1 aliphatic rings. The van der Waals surface area contributed by atoms with Gasteiger partial charge in [0.15, 0.2) is 11.5 Å². The standard InChI is InChI=1S/C15H15IN2O4/c1-4-5-18-14(19)11(17-15(18)20)7-9-6-10(16)13(22-3)12(8-9)21-2/h4,6-8H,1,5H2,2-3H3,(H,17,20)/b11-7+. The minimum Gasteiger partial charge on any atom is -0.493 e. The number of benzene rings is 1. The van der Waals surface area contributed by atoms with Crippen LogP contribution in [0.15, 0.2) is 30.5 Å². The molecule has 1 heterocycles. The van der Waals surface area contributed by atoms with Gasteiger partial charge in [-0.1, -0.05) is 6.08 Å². The highest BCUT2D eigenvalue weighted by Crippen LogP contribution is 2.34. The van der Waals surface area contributed by atoms with E-state index in [1.807, 2.05) is 6.07 Å². The molecule has 1 saturated heterocycles. The van der Waals surface area contributed by atoms with Crippen LogP contribution in [0.2, 0.25) is 0 Å². The van der Waals surface area contributed by atoms with Gasteiger partial charge >= 0.3 is 6.03 Å². The first-order valence-electron chi connectivity index (χ1n) is 6.38. The summed E-state index contributed by atoms with van der Waals surface area (Å²) in [4.78, 5) is 25.0. The molecule has 6 nitrogen and oxygen atoms in total. The summed E-state index contributed by atoms with van der Waals surface area (Å²) in [6.07, 6.45) is 3.10. The SMILES string of the molecule is C=CCN1C(=O)N/C(=C/c2cc(I)c(OC)c(OC)c2)C1=O. The molecule has 7 heteroatoms. The maximum atomic E-state index is 12.1. The summed E-state index contributed by atoms with van der Waals surface area (Å²) < 4.78 is 11.4. The van der Waals surface area contributed by atoms with Crippen molar-refractivity contribution in [1.29, 1.82) is 0 Å². The fourth-order valence-electron chi connectivity index (χ4n) is 2.05. The van der Waals surface area contributed by atoms with Crippen molar-refractivity contribution >= 4 is 40.6 Å². The maximum absolute atomic E-state index is 12.1. The number of halogens is 1. The van der Waals surface area contributed by atoms with Gasteiger partial charge in [0.05, 0.1) is 17.8 Å². The van der Waals surface area contributed by atoms with Gasteiger partial charge in [0.2, 0.25) is 0 Å². The number of amides is 3. The molecular formula is C15H15IN2O4. The third-order valence-corrected chi connectivity index (χ3v) is 3.84. The zero-order chi connectivity index (χ0) is 16.3. The number of hydrogen-bond acceptors (Lipinski definition) is 4. The highest BCUT2D eigenvalue weighted by Gasteiger charge is 2.32. The quantitative estimate of drug-likeness (QED) is 0.348. The summed E-state index contributed by atoms with van der Waals surface area (Å²) in [7, 11) is 3.10. The van der Waals surface area contributed by atoms with E-state index < -0.39 is 6.03 Å². The second-order valence-electron chi connectivity index (χ2n) is 4.43. The molecule has 22 heavy (non-hydrogen) atoms. The van der Waals surface area contributed by atoms with Gasteiger partial charge in [0.1, 0.15) is 5.70 Å². The van der Waals surface area contributed by atoms with Crippen LogP contribution >= 0.6 is 22.6 Å². The summed E-state index contributed by atoms with van der Waals surface area (Å²) in [5.74, 6) is 0.802. The lowest BCUT2D eigenvalue weighted by atomic mass is 10.1. The number of carbonyl (C=O) groups excluding carboxylic acids is 2. The molecule has 3 amide bonds. The monoisotopic (exact) mass is 414 g/mol. The average Bonchev–Trinajstić information content (AvgIpc) is 2.74. The molecule has 0 unspecified atom stereocenters. The molecule has 0 saturated carbocycles. The smallest absolute Gasteiger partial charge is 0.329 e. The van der Waals surface area contributed by atoms with Crippen LogP contribution in [0.5, 0.6) is 11.5 Å². The van der Waals surface area contributed by atoms with E-state index >= 15 is 0 Å². The third-order valence-electron chi connectivity index (χ3n) is 3.04. The number of carbonyl (C=O) groups is 2. The molecule has 0 radical (unpaired) electrons. The van der Waals surface area contributed by atoms with Crippen LogP contribution in [0.4, 0.5) is 4.79 Å². The lowest BCUT2D eigenvalue weighted by Crippen LogP contribution is -2.30. The van der Waals surface area contributed by atoms with Gasteiger partial charge < -0.3 is 14.8 Å². The highest BCUT2D eigenvalue weighted by molar-refractivity contribution is 14.1. The van der Waals surface area contributed by atoms with Crippen LogP contribution in [-0.4, -0.2) is 37.6 Å². The Kier molecular flexibility index (Phi) is 5.07. The van der Waals surface area contributed by atoms with Crippen molar-refractivity contribution in [3.8, 4) is 11.5 Å². The number of rotatable bonds is 5. The molecule has 0 aromatic heterocycles. The largest absolute Gasteiger partial charge is 0.493 e. The van der Waals surface area contributed by atoms with E-state index in [4.69, 9.17) is 9.47 Å². The molecule has 1 N–H and O–H groups in total. The molecular weight excluding hydrogens is 399 g/mol. The van der Waals surface area contributed by atoms with Gasteiger partial charge in [-0.05, 0) is 46.4 Å². The average molecular weight is 414 g/mol. The van der Waals surface area contributed by atoms with Crippen LogP contribution in [0.1, 0.15) is 5.56 Å². The topological polar surface area (TPSA) is 67.9 Å². The number of imide groups is 1. The Morgan fingerprint density at radius 2 is 2.05 bits per heavy atom. The molecule has 1 aromatic rings. The number of hydrogen-bond donors (Lipinski definition) is 1. The van der Waals surface area contributed by atoms with Gasteiger partial charge in [-0.2, -0.15) is 0 Å². The Labute approximate surface area is 141 Å². The molecule has 1 fully saturated rings. The number of urea groups is 1. The minimum atomic E-state index is -0.452. The molecule has 0 aliphatic carbocycles. The summed E-state index contributed by atoms with van der Waals surface area (Å²) in [6, 6.07) is 3.13. The molecule has 1 aromatic carbocycles.